The van der Waals surface area contributed by atoms with E-state index in [1.165, 1.54) is 0 Å². The molecule has 0 fully saturated rings. The predicted octanol–water partition coefficient (Wildman–Crippen LogP) is 9.74. The number of rotatable bonds is 2. The second-order valence-electron chi connectivity index (χ2n) is 11.4. The molecule has 3 aromatic heterocycles. The van der Waals surface area contributed by atoms with E-state index < -0.39 is 0 Å². The molecule has 0 saturated heterocycles. The maximum atomic E-state index is 10.2. The fraction of sp³-hybridized carbons (Fsp3) is 0. The Labute approximate surface area is 266 Å². The van der Waals surface area contributed by atoms with Crippen molar-refractivity contribution in [1.29, 1.82) is 21.0 Å². The molecule has 0 aliphatic heterocycles. The molecule has 6 aromatic carbocycles. The lowest BCUT2D eigenvalue weighted by Crippen LogP contribution is -1.95. The van der Waals surface area contributed by atoms with Gasteiger partial charge < -0.3 is 13.4 Å². The first-order chi connectivity index (χ1) is 23.1. The highest BCUT2D eigenvalue weighted by atomic mass is 16.3. The van der Waals surface area contributed by atoms with Gasteiger partial charge in [-0.15, -0.1) is 0 Å². The maximum absolute atomic E-state index is 10.2. The zero-order valence-electron chi connectivity index (χ0n) is 24.4. The van der Waals surface area contributed by atoms with Crippen molar-refractivity contribution in [2.75, 3.05) is 0 Å². The van der Waals surface area contributed by atoms with Gasteiger partial charge in [-0.25, -0.2) is 0 Å². The van der Waals surface area contributed by atoms with E-state index in [1.54, 1.807) is 48.5 Å². The Morgan fingerprint density at radius 1 is 0.426 bits per heavy atom. The van der Waals surface area contributed by atoms with Gasteiger partial charge in [-0.2, -0.15) is 21.0 Å². The van der Waals surface area contributed by atoms with E-state index in [1.807, 2.05) is 42.5 Å². The molecule has 0 bridgehead atoms. The van der Waals surface area contributed by atoms with Crippen molar-refractivity contribution in [1.82, 2.24) is 4.57 Å². The summed E-state index contributed by atoms with van der Waals surface area (Å²) in [7, 11) is 0. The fourth-order valence-corrected chi connectivity index (χ4v) is 6.85. The quantitative estimate of drug-likeness (QED) is 0.195. The van der Waals surface area contributed by atoms with Crippen molar-refractivity contribution in [3.8, 4) is 41.1 Å². The van der Waals surface area contributed by atoms with Crippen LogP contribution < -0.4 is 0 Å². The highest BCUT2D eigenvalue weighted by Gasteiger charge is 2.23. The summed E-state index contributed by atoms with van der Waals surface area (Å²) in [5.41, 5.74) is 7.59. The van der Waals surface area contributed by atoms with E-state index >= 15 is 0 Å². The van der Waals surface area contributed by atoms with Crippen LogP contribution in [-0.2, 0) is 0 Å². The molecule has 0 radical (unpaired) electrons. The summed E-state index contributed by atoms with van der Waals surface area (Å²) in [6, 6.07) is 41.0. The molecule has 9 rings (SSSR count). The summed E-state index contributed by atoms with van der Waals surface area (Å²) in [6.07, 6.45) is 0. The lowest BCUT2D eigenvalue weighted by Gasteiger charge is -2.09. The fourth-order valence-electron chi connectivity index (χ4n) is 6.85. The third-order valence-corrected chi connectivity index (χ3v) is 8.85. The molecule has 0 saturated carbocycles. The molecule has 0 amide bonds. The number of hydrogen-bond acceptors (Lipinski definition) is 6. The minimum Gasteiger partial charge on any atom is -0.455 e. The van der Waals surface area contributed by atoms with Crippen molar-refractivity contribution in [3.63, 3.8) is 0 Å². The van der Waals surface area contributed by atoms with E-state index in [9.17, 15) is 21.0 Å². The van der Waals surface area contributed by atoms with Gasteiger partial charge in [-0.1, -0.05) is 36.4 Å². The van der Waals surface area contributed by atoms with Crippen molar-refractivity contribution < 1.29 is 8.83 Å². The zero-order valence-corrected chi connectivity index (χ0v) is 24.4. The van der Waals surface area contributed by atoms with E-state index in [0.29, 0.717) is 82.9 Å². The smallest absolute Gasteiger partial charge is 0.159 e. The first-order valence-corrected chi connectivity index (χ1v) is 14.7. The summed E-state index contributed by atoms with van der Waals surface area (Å²) >= 11 is 0. The van der Waals surface area contributed by atoms with Gasteiger partial charge in [0.2, 0.25) is 0 Å². The van der Waals surface area contributed by atoms with Crippen LogP contribution in [0.1, 0.15) is 22.3 Å². The summed E-state index contributed by atoms with van der Waals surface area (Å²) in [4.78, 5) is 0. The molecule has 47 heavy (non-hydrogen) atoms. The topological polar surface area (TPSA) is 126 Å². The van der Waals surface area contributed by atoms with Crippen LogP contribution in [0.15, 0.2) is 112 Å². The normalized spacial score (nSPS) is 11.3. The molecule has 0 spiro atoms. The van der Waals surface area contributed by atoms with E-state index in [4.69, 9.17) is 8.83 Å². The lowest BCUT2D eigenvalue weighted by atomic mass is 9.95. The Morgan fingerprint density at radius 2 is 0.915 bits per heavy atom. The molecule has 7 heteroatoms. The summed E-state index contributed by atoms with van der Waals surface area (Å²) in [5, 5.41) is 44.8. The van der Waals surface area contributed by atoms with Crippen molar-refractivity contribution in [2.45, 2.75) is 0 Å². The number of para-hydroxylation sites is 2. The van der Waals surface area contributed by atoms with Gasteiger partial charge in [0.25, 0.3) is 0 Å². The van der Waals surface area contributed by atoms with E-state index in [0.717, 1.165) is 21.8 Å². The van der Waals surface area contributed by atoms with Crippen LogP contribution in [0.5, 0.6) is 0 Å². The average molecular weight is 600 g/mol. The number of aromatic nitrogens is 1. The van der Waals surface area contributed by atoms with Gasteiger partial charge in [0.1, 0.15) is 16.7 Å². The van der Waals surface area contributed by atoms with E-state index in [-0.39, 0.29) is 0 Å². The second-order valence-corrected chi connectivity index (χ2v) is 11.4. The van der Waals surface area contributed by atoms with Crippen LogP contribution in [0.3, 0.4) is 0 Å². The van der Waals surface area contributed by atoms with Crippen LogP contribution in [0.4, 0.5) is 0 Å². The molecule has 3 heterocycles. The largest absolute Gasteiger partial charge is 0.455 e. The number of nitriles is 4. The number of furan rings is 2. The average Bonchev–Trinajstić information content (AvgIpc) is 3.79. The van der Waals surface area contributed by atoms with Gasteiger partial charge in [0.05, 0.1) is 63.3 Å². The Morgan fingerprint density at radius 3 is 1.51 bits per heavy atom. The molecular formula is C40H17N5O2. The van der Waals surface area contributed by atoms with Crippen LogP contribution in [0.25, 0.3) is 82.5 Å². The third kappa shape index (κ3) is 3.63. The lowest BCUT2D eigenvalue weighted by molar-refractivity contribution is 0.663. The predicted molar refractivity (Wildman–Crippen MR) is 180 cm³/mol. The van der Waals surface area contributed by atoms with Crippen molar-refractivity contribution in [2.24, 2.45) is 0 Å². The first kappa shape index (κ1) is 26.1. The minimum atomic E-state index is 0.384. The van der Waals surface area contributed by atoms with Crippen LogP contribution in [-0.4, -0.2) is 4.57 Å². The second kappa shape index (κ2) is 9.59. The number of hydrogen-bond donors (Lipinski definition) is 0. The van der Waals surface area contributed by atoms with Gasteiger partial charge >= 0.3 is 0 Å². The zero-order chi connectivity index (χ0) is 31.8. The molecular weight excluding hydrogens is 582 g/mol. The molecule has 7 nitrogen and oxygen atoms in total. The highest BCUT2D eigenvalue weighted by Crippen LogP contribution is 2.45. The third-order valence-electron chi connectivity index (χ3n) is 8.85. The summed E-state index contributed by atoms with van der Waals surface area (Å²) in [5.74, 6) is 0. The molecule has 9 aromatic rings. The SMILES string of the molecule is N#Cc1ccc2oc3c(-c4cc(C#N)cc5c4oc4c(-n6c7ccccc7c7ccccc76)cc(C#N)cc45)cc(C#N)cc3c2c1. The monoisotopic (exact) mass is 599 g/mol. The molecule has 0 N–H and O–H groups in total. The number of fused-ring (bicyclic) bond motifs is 9. The van der Waals surface area contributed by atoms with Gasteiger partial charge in [0.15, 0.2) is 5.58 Å². The summed E-state index contributed by atoms with van der Waals surface area (Å²) in [6.45, 7) is 0. The molecule has 0 aliphatic rings. The number of nitrogens with zero attached hydrogens (tertiary/aromatic N) is 5. The highest BCUT2D eigenvalue weighted by molar-refractivity contribution is 6.18. The summed E-state index contributed by atoms with van der Waals surface area (Å²) < 4.78 is 15.3. The Bertz CT molecular complexity index is 2970. The number of benzene rings is 6. The van der Waals surface area contributed by atoms with Crippen LogP contribution in [0, 0.1) is 45.3 Å². The molecule has 214 valence electrons. The van der Waals surface area contributed by atoms with Crippen LogP contribution >= 0.6 is 0 Å². The van der Waals surface area contributed by atoms with Crippen molar-refractivity contribution >= 4 is 65.7 Å². The maximum Gasteiger partial charge on any atom is 0.159 e. The van der Waals surface area contributed by atoms with Crippen molar-refractivity contribution in [3.05, 3.63) is 125 Å². The molecule has 0 atom stereocenters. The molecule has 0 unspecified atom stereocenters. The minimum absolute atomic E-state index is 0.384. The Hall–Kier alpha value is -7.32. The first-order valence-electron chi connectivity index (χ1n) is 14.7. The van der Waals surface area contributed by atoms with E-state index in [2.05, 4.69) is 41.0 Å². The van der Waals surface area contributed by atoms with Gasteiger partial charge in [-0.05, 0) is 66.7 Å². The Balaban J connectivity index is 1.44. The van der Waals surface area contributed by atoms with Gasteiger partial charge in [0, 0.05) is 43.4 Å². The van der Waals surface area contributed by atoms with Crippen LogP contribution in [0.2, 0.25) is 0 Å². The standard InChI is InChI=1S/C40H17N5O2/c41-18-22-9-10-37-28(11-22)29-12-23(19-42)13-30(38(29)46-37)31-14-24(20-43)15-32-33-16-25(21-44)17-36(40(33)47-39(31)32)45-34-7-3-1-5-26(34)27-6-2-4-8-35(27)45/h1-17H. The Kier molecular flexibility index (Phi) is 5.33. The van der Waals surface area contributed by atoms with Gasteiger partial charge in [-0.3, -0.25) is 0 Å². The molecule has 0 aliphatic carbocycles.